The fraction of sp³-hybridized carbons (Fsp3) is 0.562. The van der Waals surface area contributed by atoms with Crippen LogP contribution in [0.4, 0.5) is 0 Å². The summed E-state index contributed by atoms with van der Waals surface area (Å²) in [5, 5.41) is 13.2. The molecule has 3 unspecified atom stereocenters. The molecule has 7 nitrogen and oxygen atoms in total. The van der Waals surface area contributed by atoms with Crippen LogP contribution in [0.5, 0.6) is 0 Å². The summed E-state index contributed by atoms with van der Waals surface area (Å²) in [6.45, 7) is 11.8. The van der Waals surface area contributed by atoms with Crippen LogP contribution < -0.4 is 5.32 Å². The summed E-state index contributed by atoms with van der Waals surface area (Å²) in [4.78, 5) is 13.5. The zero-order valence-corrected chi connectivity index (χ0v) is 14.2. The molecule has 2 aliphatic rings. The minimum atomic E-state index is -0.111. The third-order valence-corrected chi connectivity index (χ3v) is 3.99. The standard InChI is InChI=1S/C14H19N5O2.C2H6/c1-8-4-13(19-7-9(2)14(20)16-10(19)3)21-12(8)5-11-6-15-18-17-11;1-2/h6-8,12-13H,3-5H2,1-2H3,(H,16,20)(H,15,17,18);1-2H3. The predicted molar refractivity (Wildman–Crippen MR) is 86.8 cm³/mol. The van der Waals surface area contributed by atoms with Crippen LogP contribution in [0.15, 0.2) is 30.4 Å². The number of rotatable bonds is 3. The number of hydrogen-bond acceptors (Lipinski definition) is 5. The van der Waals surface area contributed by atoms with Gasteiger partial charge in [0.2, 0.25) is 0 Å². The van der Waals surface area contributed by atoms with Gasteiger partial charge in [0.15, 0.2) is 0 Å². The molecule has 23 heavy (non-hydrogen) atoms. The van der Waals surface area contributed by atoms with Crippen LogP contribution in [0, 0.1) is 5.92 Å². The molecule has 3 atom stereocenters. The lowest BCUT2D eigenvalue weighted by atomic mass is 9.99. The lowest BCUT2D eigenvalue weighted by molar-refractivity contribution is -0.118. The van der Waals surface area contributed by atoms with Gasteiger partial charge < -0.3 is 15.0 Å². The number of H-pyrrole nitrogens is 1. The normalized spacial score (nSPS) is 27.2. The zero-order valence-electron chi connectivity index (χ0n) is 14.2. The Morgan fingerprint density at radius 2 is 2.22 bits per heavy atom. The van der Waals surface area contributed by atoms with E-state index in [1.165, 1.54) is 0 Å². The van der Waals surface area contributed by atoms with Crippen molar-refractivity contribution in [2.75, 3.05) is 0 Å². The number of carbonyl (C=O) groups is 1. The second-order valence-electron chi connectivity index (χ2n) is 5.63. The van der Waals surface area contributed by atoms with Crippen molar-refractivity contribution < 1.29 is 9.53 Å². The Labute approximate surface area is 136 Å². The first kappa shape index (κ1) is 17.2. The van der Waals surface area contributed by atoms with Gasteiger partial charge in [0.25, 0.3) is 5.91 Å². The Hall–Kier alpha value is -2.15. The van der Waals surface area contributed by atoms with E-state index >= 15 is 0 Å². The van der Waals surface area contributed by atoms with Gasteiger partial charge in [0.05, 0.1) is 18.0 Å². The largest absolute Gasteiger partial charge is 0.354 e. The van der Waals surface area contributed by atoms with Crippen molar-refractivity contribution in [3.8, 4) is 0 Å². The van der Waals surface area contributed by atoms with E-state index in [4.69, 9.17) is 4.74 Å². The number of nitrogens with zero attached hydrogens (tertiary/aromatic N) is 3. The van der Waals surface area contributed by atoms with Gasteiger partial charge in [-0.05, 0) is 19.3 Å². The summed E-state index contributed by atoms with van der Waals surface area (Å²) < 4.78 is 6.13. The average Bonchev–Trinajstić information content (AvgIpc) is 3.16. The van der Waals surface area contributed by atoms with E-state index < -0.39 is 0 Å². The number of nitrogens with one attached hydrogen (secondary N) is 2. The van der Waals surface area contributed by atoms with Crippen LogP contribution in [0.3, 0.4) is 0 Å². The van der Waals surface area contributed by atoms with Crippen molar-refractivity contribution in [3.05, 3.63) is 36.1 Å². The van der Waals surface area contributed by atoms with E-state index in [-0.39, 0.29) is 18.2 Å². The highest BCUT2D eigenvalue weighted by molar-refractivity contribution is 5.94. The molecule has 1 amide bonds. The minimum absolute atomic E-state index is 0.0826. The van der Waals surface area contributed by atoms with E-state index in [1.807, 2.05) is 18.7 Å². The van der Waals surface area contributed by atoms with E-state index in [0.717, 1.165) is 18.5 Å². The van der Waals surface area contributed by atoms with Gasteiger partial charge in [-0.15, -0.1) is 0 Å². The first-order valence-corrected chi connectivity index (χ1v) is 8.01. The highest BCUT2D eigenvalue weighted by Gasteiger charge is 2.37. The summed E-state index contributed by atoms with van der Waals surface area (Å²) in [7, 11) is 0. The van der Waals surface area contributed by atoms with Crippen LogP contribution >= 0.6 is 0 Å². The number of carbonyl (C=O) groups excluding carboxylic acids is 1. The molecule has 0 spiro atoms. The Balaban J connectivity index is 0.000000924. The van der Waals surface area contributed by atoms with Crippen molar-refractivity contribution >= 4 is 5.91 Å². The van der Waals surface area contributed by atoms with E-state index in [2.05, 4.69) is 34.2 Å². The topological polar surface area (TPSA) is 83.1 Å². The minimum Gasteiger partial charge on any atom is -0.354 e. The number of amides is 1. The van der Waals surface area contributed by atoms with Crippen molar-refractivity contribution in [1.82, 2.24) is 25.6 Å². The smallest absolute Gasteiger partial charge is 0.253 e. The molecule has 0 saturated carbocycles. The summed E-state index contributed by atoms with van der Waals surface area (Å²) in [6, 6.07) is 0. The fourth-order valence-corrected chi connectivity index (χ4v) is 2.72. The Morgan fingerprint density at radius 3 is 2.87 bits per heavy atom. The maximum absolute atomic E-state index is 11.6. The number of aromatic nitrogens is 3. The van der Waals surface area contributed by atoms with Gasteiger partial charge >= 0.3 is 0 Å². The molecule has 1 aromatic heterocycles. The molecule has 1 saturated heterocycles. The number of hydrogen-bond donors (Lipinski definition) is 2. The maximum atomic E-state index is 11.6. The summed E-state index contributed by atoms with van der Waals surface area (Å²) >= 11 is 0. The predicted octanol–water partition coefficient (Wildman–Crippen LogP) is 1.93. The summed E-state index contributed by atoms with van der Waals surface area (Å²) in [5.41, 5.74) is 1.55. The Bertz CT molecular complexity index is 581. The van der Waals surface area contributed by atoms with Crippen LogP contribution in [0.25, 0.3) is 0 Å². The van der Waals surface area contributed by atoms with E-state index in [0.29, 0.717) is 17.3 Å². The highest BCUT2D eigenvalue weighted by Crippen LogP contribution is 2.32. The molecule has 3 heterocycles. The molecule has 2 aliphatic heterocycles. The summed E-state index contributed by atoms with van der Waals surface area (Å²) in [6.07, 6.45) is 5.09. The van der Waals surface area contributed by atoms with Crippen LogP contribution in [0.1, 0.15) is 39.8 Å². The van der Waals surface area contributed by atoms with Crippen LogP contribution in [0.2, 0.25) is 0 Å². The first-order chi connectivity index (χ1) is 11.0. The second-order valence-corrected chi connectivity index (χ2v) is 5.63. The average molecular weight is 319 g/mol. The van der Waals surface area contributed by atoms with Gasteiger partial charge in [-0.2, -0.15) is 15.4 Å². The Kier molecular flexibility index (Phi) is 5.54. The lowest BCUT2D eigenvalue weighted by Gasteiger charge is -2.32. The second kappa shape index (κ2) is 7.41. The number of aromatic amines is 1. The molecule has 3 rings (SSSR count). The lowest BCUT2D eigenvalue weighted by Crippen LogP contribution is -2.42. The molecule has 1 aromatic rings. The first-order valence-electron chi connectivity index (χ1n) is 8.01. The third-order valence-electron chi connectivity index (χ3n) is 3.99. The molecule has 0 aliphatic carbocycles. The monoisotopic (exact) mass is 319 g/mol. The van der Waals surface area contributed by atoms with Gasteiger partial charge in [-0.1, -0.05) is 27.4 Å². The molecule has 1 fully saturated rings. The fourth-order valence-electron chi connectivity index (χ4n) is 2.72. The van der Waals surface area contributed by atoms with Gasteiger partial charge in [0, 0.05) is 18.2 Å². The summed E-state index contributed by atoms with van der Waals surface area (Å²) in [5.74, 6) is 0.845. The molecule has 0 radical (unpaired) electrons. The van der Waals surface area contributed by atoms with Crippen molar-refractivity contribution in [2.45, 2.75) is 52.9 Å². The van der Waals surface area contributed by atoms with Crippen molar-refractivity contribution in [2.24, 2.45) is 5.92 Å². The zero-order chi connectivity index (χ0) is 17.0. The number of ether oxygens (including phenoxy) is 1. The highest BCUT2D eigenvalue weighted by atomic mass is 16.5. The molecule has 126 valence electrons. The molecule has 0 aromatic carbocycles. The van der Waals surface area contributed by atoms with Gasteiger partial charge in [-0.3, -0.25) is 4.79 Å². The molecular weight excluding hydrogens is 294 g/mol. The van der Waals surface area contributed by atoms with Crippen LogP contribution in [-0.2, 0) is 16.0 Å². The van der Waals surface area contributed by atoms with Gasteiger partial charge in [0.1, 0.15) is 12.0 Å². The Morgan fingerprint density at radius 1 is 1.48 bits per heavy atom. The quantitative estimate of drug-likeness (QED) is 0.889. The van der Waals surface area contributed by atoms with Crippen molar-refractivity contribution in [3.63, 3.8) is 0 Å². The van der Waals surface area contributed by atoms with Gasteiger partial charge in [-0.25, -0.2) is 0 Å². The molecular formula is C16H25N5O2. The SMILES string of the molecule is C=C1NC(=O)C(C)=CN1C1CC(C)C(Cc2cn[nH]n2)O1.CC. The molecule has 7 heteroatoms. The van der Waals surface area contributed by atoms with Crippen LogP contribution in [-0.4, -0.2) is 38.5 Å². The molecule has 2 N–H and O–H groups in total. The molecule has 0 bridgehead atoms. The van der Waals surface area contributed by atoms with E-state index in [9.17, 15) is 4.79 Å². The maximum Gasteiger partial charge on any atom is 0.253 e. The third kappa shape index (κ3) is 3.79. The van der Waals surface area contributed by atoms with E-state index in [1.54, 1.807) is 19.3 Å². The van der Waals surface area contributed by atoms with Crippen molar-refractivity contribution in [1.29, 1.82) is 0 Å².